The van der Waals surface area contributed by atoms with E-state index in [1.807, 2.05) is 6.07 Å². The molecule has 0 aliphatic rings. The Hall–Kier alpha value is -1.95. The van der Waals surface area contributed by atoms with Crippen LogP contribution in [0.3, 0.4) is 0 Å². The molecule has 3 nitrogen and oxygen atoms in total. The first-order chi connectivity index (χ1) is 6.77. The van der Waals surface area contributed by atoms with Gasteiger partial charge in [-0.05, 0) is 18.6 Å². The van der Waals surface area contributed by atoms with E-state index in [-0.39, 0.29) is 0 Å². The van der Waals surface area contributed by atoms with Crippen LogP contribution in [0.2, 0.25) is 0 Å². The predicted molar refractivity (Wildman–Crippen MR) is 55.9 cm³/mol. The minimum atomic E-state index is 0.503. The molecule has 3 heteroatoms. The van der Waals surface area contributed by atoms with Gasteiger partial charge in [-0.15, -0.1) is 6.58 Å². The second-order valence-corrected chi connectivity index (χ2v) is 2.79. The van der Waals surface area contributed by atoms with E-state index in [0.717, 1.165) is 6.42 Å². The average Bonchev–Trinajstić information content (AvgIpc) is 2.19. The Kier molecular flexibility index (Phi) is 3.57. The molecule has 0 aliphatic heterocycles. The first kappa shape index (κ1) is 10.1. The third-order valence-electron chi connectivity index (χ3n) is 1.71. The Morgan fingerprint density at radius 2 is 2.36 bits per heavy atom. The summed E-state index contributed by atoms with van der Waals surface area (Å²) in [4.78, 5) is 0. The van der Waals surface area contributed by atoms with Crippen molar-refractivity contribution in [2.45, 2.75) is 6.42 Å². The summed E-state index contributed by atoms with van der Waals surface area (Å²) in [5.41, 5.74) is 6.67. The van der Waals surface area contributed by atoms with Gasteiger partial charge in [0.05, 0.1) is 12.2 Å². The monoisotopic (exact) mass is 188 g/mol. The number of anilines is 1. The molecule has 14 heavy (non-hydrogen) atoms. The Morgan fingerprint density at radius 3 is 3.00 bits per heavy atom. The summed E-state index contributed by atoms with van der Waals surface area (Å²) in [7, 11) is 0. The number of benzene rings is 1. The molecule has 0 aromatic heterocycles. The van der Waals surface area contributed by atoms with E-state index in [0.29, 0.717) is 23.6 Å². The smallest absolute Gasteiger partial charge is 0.139 e. The third kappa shape index (κ3) is 2.53. The van der Waals surface area contributed by atoms with E-state index in [9.17, 15) is 0 Å². The molecular formula is C11H12N2O. The van der Waals surface area contributed by atoms with E-state index in [2.05, 4.69) is 6.58 Å². The molecule has 0 spiro atoms. The molecule has 0 bridgehead atoms. The molecule has 2 N–H and O–H groups in total. The molecule has 0 atom stereocenters. The van der Waals surface area contributed by atoms with E-state index in [4.69, 9.17) is 15.7 Å². The molecule has 1 aromatic rings. The number of nitrogen functional groups attached to an aromatic ring is 1. The van der Waals surface area contributed by atoms with Gasteiger partial charge in [-0.1, -0.05) is 6.08 Å². The summed E-state index contributed by atoms with van der Waals surface area (Å²) >= 11 is 0. The highest BCUT2D eigenvalue weighted by atomic mass is 16.5. The summed E-state index contributed by atoms with van der Waals surface area (Å²) in [6, 6.07) is 7.03. The molecule has 1 aromatic carbocycles. The average molecular weight is 188 g/mol. The quantitative estimate of drug-likeness (QED) is 0.447. The Labute approximate surface area is 83.4 Å². The van der Waals surface area contributed by atoms with Gasteiger partial charge in [0.1, 0.15) is 11.8 Å². The minimum absolute atomic E-state index is 0.503. The number of hydrogen-bond donors (Lipinski definition) is 1. The number of ether oxygens (including phenoxy) is 1. The zero-order valence-corrected chi connectivity index (χ0v) is 7.86. The van der Waals surface area contributed by atoms with Crippen molar-refractivity contribution in [1.29, 1.82) is 5.26 Å². The molecule has 0 unspecified atom stereocenters. The van der Waals surface area contributed by atoms with Crippen molar-refractivity contribution in [2.24, 2.45) is 0 Å². The van der Waals surface area contributed by atoms with E-state index < -0.39 is 0 Å². The first-order valence-corrected chi connectivity index (χ1v) is 4.31. The number of nitrogens with two attached hydrogens (primary N) is 1. The van der Waals surface area contributed by atoms with E-state index >= 15 is 0 Å². The van der Waals surface area contributed by atoms with Crippen molar-refractivity contribution >= 4 is 5.69 Å². The van der Waals surface area contributed by atoms with Crippen molar-refractivity contribution in [3.8, 4) is 11.8 Å². The van der Waals surface area contributed by atoms with Crippen LogP contribution in [0.5, 0.6) is 5.75 Å². The Morgan fingerprint density at radius 1 is 1.57 bits per heavy atom. The van der Waals surface area contributed by atoms with Crippen LogP contribution in [0.4, 0.5) is 5.69 Å². The second kappa shape index (κ2) is 4.93. The van der Waals surface area contributed by atoms with Gasteiger partial charge in [0.25, 0.3) is 0 Å². The highest BCUT2D eigenvalue weighted by Gasteiger charge is 2.02. The van der Waals surface area contributed by atoms with E-state index in [1.165, 1.54) is 0 Å². The van der Waals surface area contributed by atoms with Gasteiger partial charge in [0, 0.05) is 11.8 Å². The Balaban J connectivity index is 2.78. The lowest BCUT2D eigenvalue weighted by molar-refractivity contribution is 0.324. The largest absolute Gasteiger partial charge is 0.492 e. The third-order valence-corrected chi connectivity index (χ3v) is 1.71. The minimum Gasteiger partial charge on any atom is -0.492 e. The molecule has 72 valence electrons. The second-order valence-electron chi connectivity index (χ2n) is 2.79. The predicted octanol–water partition coefficient (Wildman–Crippen LogP) is 2.10. The number of nitrogens with zero attached hydrogens (tertiary/aromatic N) is 1. The van der Waals surface area contributed by atoms with Crippen LogP contribution in [-0.2, 0) is 0 Å². The van der Waals surface area contributed by atoms with Gasteiger partial charge in [-0.2, -0.15) is 5.26 Å². The zero-order chi connectivity index (χ0) is 10.4. The van der Waals surface area contributed by atoms with Gasteiger partial charge in [0.2, 0.25) is 0 Å². The van der Waals surface area contributed by atoms with Gasteiger partial charge >= 0.3 is 0 Å². The topological polar surface area (TPSA) is 59.0 Å². The van der Waals surface area contributed by atoms with Crippen LogP contribution >= 0.6 is 0 Å². The van der Waals surface area contributed by atoms with Crippen LogP contribution < -0.4 is 10.5 Å². The summed E-state index contributed by atoms with van der Waals surface area (Å²) in [6.07, 6.45) is 2.51. The molecule has 0 aliphatic carbocycles. The van der Waals surface area contributed by atoms with Crippen LogP contribution in [0.25, 0.3) is 0 Å². The van der Waals surface area contributed by atoms with Crippen LogP contribution in [0, 0.1) is 11.3 Å². The molecule has 0 saturated carbocycles. The number of rotatable bonds is 4. The van der Waals surface area contributed by atoms with Gasteiger partial charge in [-0.3, -0.25) is 0 Å². The molecule has 0 heterocycles. The van der Waals surface area contributed by atoms with Crippen LogP contribution in [0.1, 0.15) is 12.0 Å². The highest BCUT2D eigenvalue weighted by Crippen LogP contribution is 2.20. The molecule has 0 fully saturated rings. The zero-order valence-electron chi connectivity index (χ0n) is 7.86. The van der Waals surface area contributed by atoms with E-state index in [1.54, 1.807) is 24.3 Å². The van der Waals surface area contributed by atoms with Crippen molar-refractivity contribution in [2.75, 3.05) is 12.3 Å². The maximum absolute atomic E-state index is 8.77. The van der Waals surface area contributed by atoms with Crippen molar-refractivity contribution in [3.05, 3.63) is 36.4 Å². The SMILES string of the molecule is C=CCCOc1cc(N)ccc1C#N. The maximum Gasteiger partial charge on any atom is 0.139 e. The number of nitriles is 1. The van der Waals surface area contributed by atoms with Gasteiger partial charge in [-0.25, -0.2) is 0 Å². The molecular weight excluding hydrogens is 176 g/mol. The molecule has 1 rings (SSSR count). The lowest BCUT2D eigenvalue weighted by Gasteiger charge is -2.06. The lowest BCUT2D eigenvalue weighted by Crippen LogP contribution is -1.98. The summed E-state index contributed by atoms with van der Waals surface area (Å²) in [5.74, 6) is 0.536. The van der Waals surface area contributed by atoms with Gasteiger partial charge < -0.3 is 10.5 Å². The van der Waals surface area contributed by atoms with Crippen LogP contribution in [-0.4, -0.2) is 6.61 Å². The van der Waals surface area contributed by atoms with Crippen molar-refractivity contribution < 1.29 is 4.74 Å². The fraction of sp³-hybridized carbons (Fsp3) is 0.182. The Bertz CT molecular complexity index is 366. The highest BCUT2D eigenvalue weighted by molar-refractivity contribution is 5.52. The molecule has 0 saturated heterocycles. The molecule has 0 radical (unpaired) electrons. The fourth-order valence-electron chi connectivity index (χ4n) is 1.00. The lowest BCUT2D eigenvalue weighted by atomic mass is 10.2. The summed E-state index contributed by atoms with van der Waals surface area (Å²) in [6.45, 7) is 4.10. The summed E-state index contributed by atoms with van der Waals surface area (Å²) < 4.78 is 5.38. The van der Waals surface area contributed by atoms with Crippen molar-refractivity contribution in [3.63, 3.8) is 0 Å². The summed E-state index contributed by atoms with van der Waals surface area (Å²) in [5, 5.41) is 8.77. The fourth-order valence-corrected chi connectivity index (χ4v) is 1.00. The molecule has 0 amide bonds. The van der Waals surface area contributed by atoms with Crippen molar-refractivity contribution in [1.82, 2.24) is 0 Å². The van der Waals surface area contributed by atoms with Gasteiger partial charge in [0.15, 0.2) is 0 Å². The normalized spacial score (nSPS) is 9.07. The van der Waals surface area contributed by atoms with Crippen LogP contribution in [0.15, 0.2) is 30.9 Å². The number of hydrogen-bond acceptors (Lipinski definition) is 3. The first-order valence-electron chi connectivity index (χ1n) is 4.31. The maximum atomic E-state index is 8.77. The standard InChI is InChI=1S/C11H12N2O/c1-2-3-6-14-11-7-10(13)5-4-9(11)8-12/h2,4-5,7H,1,3,6,13H2.